The number of hydrogen-bond donors (Lipinski definition) is 1. The molecule has 4 fully saturated rings. The predicted molar refractivity (Wildman–Crippen MR) is 83.1 cm³/mol. The average molecular weight is 304 g/mol. The third-order valence-corrected chi connectivity index (χ3v) is 8.12. The van der Waals surface area contributed by atoms with Gasteiger partial charge in [0.05, 0.1) is 6.10 Å². The second kappa shape index (κ2) is 4.66. The molecule has 7 atom stereocenters. The zero-order chi connectivity index (χ0) is 15.7. The maximum atomic E-state index is 12.4. The first-order chi connectivity index (χ1) is 10.4. The quantitative estimate of drug-likeness (QED) is 0.748. The summed E-state index contributed by atoms with van der Waals surface area (Å²) >= 11 is 0. The zero-order valence-corrected chi connectivity index (χ0v) is 13.8. The van der Waals surface area contributed by atoms with Crippen molar-refractivity contribution in [2.45, 2.75) is 71.3 Å². The number of ketones is 2. The van der Waals surface area contributed by atoms with Crippen molar-refractivity contribution < 1.29 is 14.7 Å². The number of carbonyl (C=O) groups excluding carboxylic acids is 2. The van der Waals surface area contributed by atoms with E-state index in [9.17, 15) is 14.7 Å². The van der Waals surface area contributed by atoms with E-state index in [1.807, 2.05) is 0 Å². The zero-order valence-electron chi connectivity index (χ0n) is 13.8. The van der Waals surface area contributed by atoms with Crippen molar-refractivity contribution in [3.05, 3.63) is 0 Å². The summed E-state index contributed by atoms with van der Waals surface area (Å²) in [6.45, 7) is 4.43. The highest BCUT2D eigenvalue weighted by atomic mass is 16.3. The fourth-order valence-electron chi connectivity index (χ4n) is 6.94. The third-order valence-electron chi connectivity index (χ3n) is 8.12. The highest BCUT2D eigenvalue weighted by Crippen LogP contribution is 2.65. The lowest BCUT2D eigenvalue weighted by Crippen LogP contribution is -2.58. The van der Waals surface area contributed by atoms with Crippen LogP contribution in [-0.4, -0.2) is 22.8 Å². The van der Waals surface area contributed by atoms with Gasteiger partial charge in [-0.2, -0.15) is 0 Å². The van der Waals surface area contributed by atoms with E-state index >= 15 is 0 Å². The number of aliphatic hydroxyl groups excluding tert-OH is 1. The van der Waals surface area contributed by atoms with Crippen LogP contribution in [-0.2, 0) is 9.59 Å². The molecule has 1 N–H and O–H groups in total. The second-order valence-electron chi connectivity index (χ2n) is 8.97. The van der Waals surface area contributed by atoms with Gasteiger partial charge in [0.1, 0.15) is 11.6 Å². The number of Topliss-reactive ketones (excluding diaryl/α,β-unsaturated/α-hetero) is 2. The molecule has 0 spiro atoms. The van der Waals surface area contributed by atoms with Crippen molar-refractivity contribution in [3.63, 3.8) is 0 Å². The number of aliphatic hydroxyl groups is 1. The predicted octanol–water partition coefficient (Wildman–Crippen LogP) is 3.14. The van der Waals surface area contributed by atoms with E-state index in [1.54, 1.807) is 0 Å². The molecule has 3 heteroatoms. The molecular weight excluding hydrogens is 276 g/mol. The molecule has 1 unspecified atom stereocenters. The molecule has 3 nitrogen and oxygen atoms in total. The standard InChI is InChI=1S/C19H28O3/c1-18-8-7-12(20)9-11(18)3-4-13-14-5-6-16(22)19(14,2)10-15(21)17(13)18/h11,13-15,17,21H,3-10H2,1-2H3/t11?,13-,14-,15+,17+,18-,19-/m0/s1. The van der Waals surface area contributed by atoms with Crippen molar-refractivity contribution in [1.82, 2.24) is 0 Å². The number of fused-ring (bicyclic) bond motifs is 5. The van der Waals surface area contributed by atoms with E-state index < -0.39 is 0 Å². The van der Waals surface area contributed by atoms with E-state index in [4.69, 9.17) is 0 Å². The number of hydrogen-bond acceptors (Lipinski definition) is 3. The monoisotopic (exact) mass is 304 g/mol. The first-order valence-corrected chi connectivity index (χ1v) is 9.09. The van der Waals surface area contributed by atoms with Gasteiger partial charge in [-0.3, -0.25) is 9.59 Å². The van der Waals surface area contributed by atoms with E-state index in [2.05, 4.69) is 13.8 Å². The molecular formula is C19H28O3. The van der Waals surface area contributed by atoms with Crippen molar-refractivity contribution in [1.29, 1.82) is 0 Å². The topological polar surface area (TPSA) is 54.4 Å². The molecule has 122 valence electrons. The van der Waals surface area contributed by atoms with Crippen LogP contribution in [0.5, 0.6) is 0 Å². The summed E-state index contributed by atoms with van der Waals surface area (Å²) < 4.78 is 0. The summed E-state index contributed by atoms with van der Waals surface area (Å²) in [6.07, 6.45) is 6.55. The van der Waals surface area contributed by atoms with Crippen molar-refractivity contribution in [2.24, 2.45) is 34.5 Å². The van der Waals surface area contributed by atoms with Gasteiger partial charge in [0.2, 0.25) is 0 Å². The normalized spacial score (nSPS) is 54.6. The van der Waals surface area contributed by atoms with Crippen LogP contribution >= 0.6 is 0 Å². The Kier molecular flexibility index (Phi) is 3.15. The highest BCUT2D eigenvalue weighted by Gasteiger charge is 2.63. The Morgan fingerprint density at radius 2 is 1.86 bits per heavy atom. The Morgan fingerprint density at radius 1 is 1.09 bits per heavy atom. The van der Waals surface area contributed by atoms with Crippen LogP contribution in [0.4, 0.5) is 0 Å². The lowest BCUT2D eigenvalue weighted by Gasteiger charge is -2.60. The van der Waals surface area contributed by atoms with Crippen LogP contribution in [0, 0.1) is 34.5 Å². The van der Waals surface area contributed by atoms with Gasteiger partial charge in [0.25, 0.3) is 0 Å². The second-order valence-corrected chi connectivity index (χ2v) is 8.97. The highest BCUT2D eigenvalue weighted by molar-refractivity contribution is 5.87. The Balaban J connectivity index is 1.70. The summed E-state index contributed by atoms with van der Waals surface area (Å²) in [5.74, 6) is 2.47. The van der Waals surface area contributed by atoms with Crippen LogP contribution in [0.2, 0.25) is 0 Å². The van der Waals surface area contributed by atoms with E-state index in [-0.39, 0.29) is 16.9 Å². The molecule has 4 rings (SSSR count). The van der Waals surface area contributed by atoms with Gasteiger partial charge in [-0.15, -0.1) is 0 Å². The van der Waals surface area contributed by atoms with Gasteiger partial charge < -0.3 is 5.11 Å². The summed E-state index contributed by atoms with van der Waals surface area (Å²) in [5, 5.41) is 11.0. The van der Waals surface area contributed by atoms with Crippen molar-refractivity contribution >= 4 is 11.6 Å². The maximum Gasteiger partial charge on any atom is 0.139 e. The minimum atomic E-state index is -0.366. The van der Waals surface area contributed by atoms with Crippen LogP contribution in [0.1, 0.15) is 65.2 Å². The Hall–Kier alpha value is -0.700. The average Bonchev–Trinajstić information content (AvgIpc) is 2.75. The molecule has 0 amide bonds. The van der Waals surface area contributed by atoms with Gasteiger partial charge >= 0.3 is 0 Å². The van der Waals surface area contributed by atoms with E-state index in [1.165, 1.54) is 0 Å². The third kappa shape index (κ3) is 1.78. The molecule has 4 aliphatic rings. The fourth-order valence-corrected chi connectivity index (χ4v) is 6.94. The van der Waals surface area contributed by atoms with Crippen molar-refractivity contribution in [2.75, 3.05) is 0 Å². The van der Waals surface area contributed by atoms with E-state index in [0.29, 0.717) is 60.9 Å². The van der Waals surface area contributed by atoms with Crippen LogP contribution in [0.15, 0.2) is 0 Å². The summed E-state index contributed by atoms with van der Waals surface area (Å²) in [5.41, 5.74) is -0.183. The van der Waals surface area contributed by atoms with E-state index in [0.717, 1.165) is 25.7 Å². The van der Waals surface area contributed by atoms with Crippen molar-refractivity contribution in [3.8, 4) is 0 Å². The molecule has 22 heavy (non-hydrogen) atoms. The molecule has 0 aromatic carbocycles. The Morgan fingerprint density at radius 3 is 2.64 bits per heavy atom. The van der Waals surface area contributed by atoms with Gasteiger partial charge in [-0.25, -0.2) is 0 Å². The lowest BCUT2D eigenvalue weighted by atomic mass is 9.44. The summed E-state index contributed by atoms with van der Waals surface area (Å²) in [7, 11) is 0. The smallest absolute Gasteiger partial charge is 0.139 e. The minimum absolute atomic E-state index is 0.100. The first kappa shape index (κ1) is 14.9. The van der Waals surface area contributed by atoms with Gasteiger partial charge in [-0.1, -0.05) is 13.8 Å². The fraction of sp³-hybridized carbons (Fsp3) is 0.895. The van der Waals surface area contributed by atoms with Crippen LogP contribution < -0.4 is 0 Å². The van der Waals surface area contributed by atoms with Gasteiger partial charge in [0.15, 0.2) is 0 Å². The Labute approximate surface area is 132 Å². The largest absolute Gasteiger partial charge is 0.393 e. The minimum Gasteiger partial charge on any atom is -0.393 e. The van der Waals surface area contributed by atoms with Crippen LogP contribution in [0.25, 0.3) is 0 Å². The van der Waals surface area contributed by atoms with Gasteiger partial charge in [0, 0.05) is 24.7 Å². The molecule has 4 aliphatic carbocycles. The molecule has 0 aliphatic heterocycles. The van der Waals surface area contributed by atoms with Gasteiger partial charge in [-0.05, 0) is 61.2 Å². The SMILES string of the molecule is C[C@]12CCC(=O)CC1CC[C@@H]1[C@@H]2[C@H](O)C[C@]2(C)C(=O)CC[C@@H]12. The lowest BCUT2D eigenvalue weighted by molar-refractivity contribution is -0.171. The number of rotatable bonds is 0. The maximum absolute atomic E-state index is 12.4. The molecule has 4 saturated carbocycles. The molecule has 0 aromatic heterocycles. The number of carbonyl (C=O) groups is 2. The molecule has 0 saturated heterocycles. The molecule has 0 radical (unpaired) electrons. The summed E-state index contributed by atoms with van der Waals surface area (Å²) in [6, 6.07) is 0. The molecule has 0 aromatic rings. The van der Waals surface area contributed by atoms with Crippen LogP contribution in [0.3, 0.4) is 0 Å². The summed E-state index contributed by atoms with van der Waals surface area (Å²) in [4.78, 5) is 24.3. The first-order valence-electron chi connectivity index (χ1n) is 9.09. The Bertz CT molecular complexity index is 527. The molecule has 0 bridgehead atoms. The molecule has 0 heterocycles.